The zero-order chi connectivity index (χ0) is 24.3. The predicted molar refractivity (Wildman–Crippen MR) is 134 cm³/mol. The Hall–Kier alpha value is -3.74. The number of benzene rings is 1. The molecule has 2 bridgehead atoms. The molecule has 0 radical (unpaired) electrons. The van der Waals surface area contributed by atoms with E-state index >= 15 is 0 Å². The van der Waals surface area contributed by atoms with Crippen molar-refractivity contribution in [2.24, 2.45) is 0 Å². The number of hydrogen-bond donors (Lipinski definition) is 1. The van der Waals surface area contributed by atoms with Crippen molar-refractivity contribution in [3.8, 4) is 28.3 Å². The highest BCUT2D eigenvalue weighted by Gasteiger charge is 2.33. The van der Waals surface area contributed by atoms with Crippen molar-refractivity contribution in [1.82, 2.24) is 19.7 Å². The zero-order valence-corrected chi connectivity index (χ0v) is 20.2. The lowest BCUT2D eigenvalue weighted by Gasteiger charge is -2.28. The second-order valence-corrected chi connectivity index (χ2v) is 9.46. The third-order valence-corrected chi connectivity index (χ3v) is 7.23. The smallest absolute Gasteiger partial charge is 0.166 e. The number of ether oxygens (including phenoxy) is 1. The maximum atomic E-state index is 14.5. The molecule has 7 heteroatoms. The van der Waals surface area contributed by atoms with Gasteiger partial charge in [-0.25, -0.2) is 9.37 Å². The van der Waals surface area contributed by atoms with Crippen LogP contribution < -0.4 is 10.5 Å². The molecule has 0 saturated heterocycles. The van der Waals surface area contributed by atoms with Gasteiger partial charge < -0.3 is 10.5 Å². The Kier molecular flexibility index (Phi) is 5.09. The molecule has 1 aliphatic carbocycles. The van der Waals surface area contributed by atoms with Crippen molar-refractivity contribution in [3.63, 3.8) is 0 Å². The van der Waals surface area contributed by atoms with Gasteiger partial charge in [-0.1, -0.05) is 6.07 Å². The Labute approximate surface area is 204 Å². The van der Waals surface area contributed by atoms with Gasteiger partial charge in [-0.15, -0.1) is 0 Å². The Morgan fingerprint density at radius 1 is 1.17 bits per heavy atom. The summed E-state index contributed by atoms with van der Waals surface area (Å²) in [5, 5.41) is 5.01. The van der Waals surface area contributed by atoms with Crippen molar-refractivity contribution < 1.29 is 9.13 Å². The van der Waals surface area contributed by atoms with Crippen LogP contribution in [0.15, 0.2) is 42.6 Å². The number of hydrogen-bond acceptors (Lipinski definition) is 5. The molecular weight excluding hydrogens is 441 g/mol. The molecule has 1 aromatic carbocycles. The van der Waals surface area contributed by atoms with Gasteiger partial charge in [-0.3, -0.25) is 9.67 Å². The first-order chi connectivity index (χ1) is 16.9. The van der Waals surface area contributed by atoms with Crippen LogP contribution in [0.1, 0.15) is 66.8 Å². The lowest BCUT2D eigenvalue weighted by Crippen LogP contribution is -2.15. The highest BCUT2D eigenvalue weighted by Crippen LogP contribution is 2.47. The largest absolute Gasteiger partial charge is 0.482 e. The standard InChI is InChI=1S/C28H28FN5O/c1-4-34-27-17-12-24(28(30)31-14-17)35-16(3)22-13-18(29)9-11-21(22)26-20(10-8-15(2)32-26)19-6-5-7-23(33-34)25(19)27/h8-14,16,19H,4-7H2,1-3H3,(H2,30,31)/t16-,19?/m1/s1. The van der Waals surface area contributed by atoms with Crippen LogP contribution in [0.2, 0.25) is 0 Å². The quantitative estimate of drug-likeness (QED) is 0.371. The summed E-state index contributed by atoms with van der Waals surface area (Å²) in [5.41, 5.74) is 15.1. The molecule has 35 heavy (non-hydrogen) atoms. The number of halogens is 1. The number of aryl methyl sites for hydroxylation is 3. The van der Waals surface area contributed by atoms with Crippen LogP contribution in [0.5, 0.6) is 5.75 Å². The average Bonchev–Trinajstić information content (AvgIpc) is 3.24. The fourth-order valence-electron chi connectivity index (χ4n) is 5.62. The van der Waals surface area contributed by atoms with Crippen molar-refractivity contribution in [2.75, 3.05) is 5.73 Å². The van der Waals surface area contributed by atoms with E-state index in [4.69, 9.17) is 20.6 Å². The SMILES string of the molecule is CCn1nc2c3c1-c1cnc(N)c(c1)O[C@H](C)c1cc(F)ccc1-c1nc(C)ccc1C3CCC2. The summed E-state index contributed by atoms with van der Waals surface area (Å²) in [6, 6.07) is 11.0. The number of nitrogens with two attached hydrogens (primary N) is 1. The molecule has 0 fully saturated rings. The molecule has 4 heterocycles. The molecular formula is C28H28FN5O. The van der Waals surface area contributed by atoms with Gasteiger partial charge in [0.05, 0.1) is 17.1 Å². The molecule has 178 valence electrons. The predicted octanol–water partition coefficient (Wildman–Crippen LogP) is 5.98. The number of nitrogen functional groups attached to an aromatic ring is 1. The molecule has 4 aromatic rings. The van der Waals surface area contributed by atoms with Gasteiger partial charge in [0.25, 0.3) is 0 Å². The number of rotatable bonds is 1. The third kappa shape index (κ3) is 3.49. The summed E-state index contributed by atoms with van der Waals surface area (Å²) >= 11 is 0. The van der Waals surface area contributed by atoms with Crippen molar-refractivity contribution in [1.29, 1.82) is 0 Å². The van der Waals surface area contributed by atoms with E-state index in [2.05, 4.69) is 28.7 Å². The lowest BCUT2D eigenvalue weighted by molar-refractivity contribution is 0.227. The van der Waals surface area contributed by atoms with Crippen LogP contribution in [0.3, 0.4) is 0 Å². The molecule has 6 nitrogen and oxygen atoms in total. The van der Waals surface area contributed by atoms with E-state index in [1.807, 2.05) is 26.0 Å². The number of anilines is 1. The Bertz CT molecular complexity index is 1460. The van der Waals surface area contributed by atoms with Crippen molar-refractivity contribution in [2.45, 2.75) is 58.6 Å². The van der Waals surface area contributed by atoms with Crippen LogP contribution in [-0.2, 0) is 13.0 Å². The van der Waals surface area contributed by atoms with E-state index in [-0.39, 0.29) is 11.7 Å². The monoisotopic (exact) mass is 469 g/mol. The van der Waals surface area contributed by atoms with Crippen LogP contribution in [-0.4, -0.2) is 19.7 Å². The zero-order valence-electron chi connectivity index (χ0n) is 20.2. The second kappa shape index (κ2) is 8.18. The summed E-state index contributed by atoms with van der Waals surface area (Å²) in [7, 11) is 0. The van der Waals surface area contributed by atoms with E-state index in [0.717, 1.165) is 70.8 Å². The highest BCUT2D eigenvalue weighted by molar-refractivity contribution is 5.74. The van der Waals surface area contributed by atoms with Crippen molar-refractivity contribution in [3.05, 3.63) is 76.5 Å². The molecule has 6 rings (SSSR count). The summed E-state index contributed by atoms with van der Waals surface area (Å²) in [6.45, 7) is 6.75. The Balaban J connectivity index is 1.73. The minimum absolute atomic E-state index is 0.117. The van der Waals surface area contributed by atoms with Crippen LogP contribution in [0.4, 0.5) is 10.2 Å². The fourth-order valence-corrected chi connectivity index (χ4v) is 5.62. The summed E-state index contributed by atoms with van der Waals surface area (Å²) < 4.78 is 22.9. The summed E-state index contributed by atoms with van der Waals surface area (Å²) in [6.07, 6.45) is 4.31. The molecule has 1 aliphatic heterocycles. The highest BCUT2D eigenvalue weighted by atomic mass is 19.1. The van der Waals surface area contributed by atoms with Gasteiger partial charge >= 0.3 is 0 Å². The van der Waals surface area contributed by atoms with E-state index < -0.39 is 6.10 Å². The summed E-state index contributed by atoms with van der Waals surface area (Å²) in [5.74, 6) is 0.588. The fraction of sp³-hybridized carbons (Fsp3) is 0.321. The minimum Gasteiger partial charge on any atom is -0.482 e. The topological polar surface area (TPSA) is 78.9 Å². The molecule has 3 aromatic heterocycles. The average molecular weight is 470 g/mol. The van der Waals surface area contributed by atoms with Crippen molar-refractivity contribution >= 4 is 5.82 Å². The third-order valence-electron chi connectivity index (χ3n) is 7.23. The van der Waals surface area contributed by atoms with Gasteiger partial charge in [-0.2, -0.15) is 5.10 Å². The van der Waals surface area contributed by atoms with E-state index in [0.29, 0.717) is 11.6 Å². The van der Waals surface area contributed by atoms with Crippen LogP contribution in [0.25, 0.3) is 22.5 Å². The van der Waals surface area contributed by atoms with E-state index in [1.165, 1.54) is 11.6 Å². The normalized spacial score (nSPS) is 18.4. The maximum absolute atomic E-state index is 14.5. The maximum Gasteiger partial charge on any atom is 0.166 e. The number of nitrogens with zero attached hydrogens (tertiary/aromatic N) is 4. The molecule has 2 aliphatic rings. The van der Waals surface area contributed by atoms with Gasteiger partial charge in [0.15, 0.2) is 11.6 Å². The van der Waals surface area contributed by atoms with Gasteiger partial charge in [0.2, 0.25) is 0 Å². The minimum atomic E-state index is -0.466. The molecule has 1 unspecified atom stereocenters. The molecule has 0 spiro atoms. The van der Waals surface area contributed by atoms with Gasteiger partial charge in [0, 0.05) is 46.6 Å². The van der Waals surface area contributed by atoms with Crippen LogP contribution >= 0.6 is 0 Å². The molecule has 0 amide bonds. The Morgan fingerprint density at radius 2 is 2.03 bits per heavy atom. The van der Waals surface area contributed by atoms with Crippen LogP contribution in [0, 0.1) is 12.7 Å². The first-order valence-corrected chi connectivity index (χ1v) is 12.2. The van der Waals surface area contributed by atoms with E-state index in [9.17, 15) is 4.39 Å². The van der Waals surface area contributed by atoms with E-state index in [1.54, 1.807) is 12.3 Å². The Morgan fingerprint density at radius 3 is 2.86 bits per heavy atom. The molecule has 0 saturated carbocycles. The van der Waals surface area contributed by atoms with Gasteiger partial charge in [0.1, 0.15) is 11.9 Å². The number of aromatic nitrogens is 4. The number of fused-ring (bicyclic) bond motifs is 7. The first kappa shape index (κ1) is 21.8. The molecule has 2 N–H and O–H groups in total. The van der Waals surface area contributed by atoms with Gasteiger partial charge in [-0.05, 0) is 75.9 Å². The lowest BCUT2D eigenvalue weighted by atomic mass is 9.78. The first-order valence-electron chi connectivity index (χ1n) is 12.2. The number of pyridine rings is 2. The second-order valence-electron chi connectivity index (χ2n) is 9.46. The summed E-state index contributed by atoms with van der Waals surface area (Å²) in [4.78, 5) is 9.47. The molecule has 2 atom stereocenters.